The van der Waals surface area contributed by atoms with Gasteiger partial charge >= 0.3 is 5.97 Å². The van der Waals surface area contributed by atoms with Gasteiger partial charge in [-0.1, -0.05) is 18.2 Å². The number of hydrogen-bond acceptors (Lipinski definition) is 5. The lowest BCUT2D eigenvalue weighted by Gasteiger charge is -2.17. The van der Waals surface area contributed by atoms with E-state index in [0.717, 1.165) is 17.7 Å². The summed E-state index contributed by atoms with van der Waals surface area (Å²) in [6.07, 6.45) is 3.97. The molecule has 0 N–H and O–H groups in total. The monoisotopic (exact) mass is 333 g/mol. The van der Waals surface area contributed by atoms with Crippen molar-refractivity contribution in [3.05, 3.63) is 66.0 Å². The van der Waals surface area contributed by atoms with Crippen LogP contribution in [0.4, 0.5) is 5.69 Å². The van der Waals surface area contributed by atoms with Crippen LogP contribution in [0.2, 0.25) is 0 Å². The Kier molecular flexibility index (Phi) is 3.85. The molecule has 1 aliphatic heterocycles. The fourth-order valence-corrected chi connectivity index (χ4v) is 2.98. The second kappa shape index (κ2) is 6.32. The van der Waals surface area contributed by atoms with E-state index in [-0.39, 0.29) is 12.5 Å². The van der Waals surface area contributed by atoms with E-state index < -0.39 is 5.97 Å². The number of carbonyl (C=O) groups is 2. The predicted molar refractivity (Wildman–Crippen MR) is 92.3 cm³/mol. The van der Waals surface area contributed by atoms with E-state index in [2.05, 4.69) is 9.97 Å². The first-order chi connectivity index (χ1) is 12.2. The summed E-state index contributed by atoms with van der Waals surface area (Å²) in [5.74, 6) is -0.771. The molecule has 1 aromatic heterocycles. The summed E-state index contributed by atoms with van der Waals surface area (Å²) in [4.78, 5) is 34.6. The second-order valence-electron chi connectivity index (χ2n) is 5.76. The van der Waals surface area contributed by atoms with Crippen molar-refractivity contribution in [2.24, 2.45) is 0 Å². The number of benzene rings is 2. The first kappa shape index (κ1) is 15.3. The van der Waals surface area contributed by atoms with Gasteiger partial charge in [0.2, 0.25) is 0 Å². The number of hydrogen-bond donors (Lipinski definition) is 0. The van der Waals surface area contributed by atoms with Gasteiger partial charge in [0.1, 0.15) is 0 Å². The Bertz CT molecular complexity index is 971. The van der Waals surface area contributed by atoms with Gasteiger partial charge in [-0.2, -0.15) is 0 Å². The third-order valence-corrected chi connectivity index (χ3v) is 4.22. The largest absolute Gasteiger partial charge is 0.452 e. The quantitative estimate of drug-likeness (QED) is 0.688. The molecule has 0 saturated heterocycles. The van der Waals surface area contributed by atoms with Gasteiger partial charge in [-0.15, -0.1) is 0 Å². The van der Waals surface area contributed by atoms with Crippen molar-refractivity contribution in [3.63, 3.8) is 0 Å². The molecule has 6 nitrogen and oxygen atoms in total. The van der Waals surface area contributed by atoms with Gasteiger partial charge in [-0.05, 0) is 36.2 Å². The van der Waals surface area contributed by atoms with Crippen LogP contribution in [0, 0.1) is 0 Å². The SMILES string of the molecule is O=C(OCC(=O)N1CCc2ccccc21)c1ccc2nccnc2c1. The van der Waals surface area contributed by atoms with Gasteiger partial charge < -0.3 is 9.64 Å². The molecule has 2 aromatic carbocycles. The number of anilines is 1. The number of carbonyl (C=O) groups excluding carboxylic acids is 2. The number of esters is 1. The molecule has 2 heterocycles. The molecule has 0 bridgehead atoms. The summed E-state index contributed by atoms with van der Waals surface area (Å²) in [6, 6.07) is 12.7. The van der Waals surface area contributed by atoms with Crippen LogP contribution < -0.4 is 4.90 Å². The first-order valence-corrected chi connectivity index (χ1v) is 7.98. The Morgan fingerprint density at radius 2 is 1.84 bits per heavy atom. The van der Waals surface area contributed by atoms with Crippen molar-refractivity contribution in [2.45, 2.75) is 6.42 Å². The Labute approximate surface area is 144 Å². The Hall–Kier alpha value is -3.28. The minimum absolute atomic E-state index is 0.223. The van der Waals surface area contributed by atoms with Crippen LogP contribution in [0.15, 0.2) is 54.9 Å². The lowest BCUT2D eigenvalue weighted by atomic mass is 10.2. The van der Waals surface area contributed by atoms with Crippen molar-refractivity contribution >= 4 is 28.6 Å². The third kappa shape index (κ3) is 2.94. The number of fused-ring (bicyclic) bond motifs is 2. The first-order valence-electron chi connectivity index (χ1n) is 7.98. The Balaban J connectivity index is 1.44. The molecule has 3 aromatic rings. The van der Waals surface area contributed by atoms with Crippen LogP contribution in [-0.2, 0) is 16.0 Å². The van der Waals surface area contributed by atoms with Gasteiger partial charge in [-0.3, -0.25) is 14.8 Å². The standard InChI is InChI=1S/C19H15N3O3/c23-18(22-10-7-13-3-1-2-4-17(13)22)12-25-19(24)14-5-6-15-16(11-14)21-9-8-20-15/h1-6,8-9,11H,7,10,12H2. The average molecular weight is 333 g/mol. The molecule has 0 aliphatic carbocycles. The minimum atomic E-state index is -0.548. The van der Waals surface area contributed by atoms with E-state index in [1.807, 2.05) is 24.3 Å². The molecule has 1 aliphatic rings. The predicted octanol–water partition coefficient (Wildman–Crippen LogP) is 2.38. The molecule has 1 amide bonds. The molecule has 0 fully saturated rings. The minimum Gasteiger partial charge on any atom is -0.452 e. The normalized spacial score (nSPS) is 12.9. The molecule has 25 heavy (non-hydrogen) atoms. The van der Waals surface area contributed by atoms with E-state index in [0.29, 0.717) is 23.1 Å². The fourth-order valence-electron chi connectivity index (χ4n) is 2.98. The van der Waals surface area contributed by atoms with Crippen molar-refractivity contribution in [3.8, 4) is 0 Å². The van der Waals surface area contributed by atoms with Crippen LogP contribution in [-0.4, -0.2) is 35.0 Å². The Morgan fingerprint density at radius 1 is 1.04 bits per heavy atom. The van der Waals surface area contributed by atoms with Gasteiger partial charge in [0.05, 0.1) is 16.6 Å². The molecule has 0 saturated carbocycles. The smallest absolute Gasteiger partial charge is 0.338 e. The Morgan fingerprint density at radius 3 is 2.72 bits per heavy atom. The van der Waals surface area contributed by atoms with E-state index in [1.54, 1.807) is 35.5 Å². The maximum absolute atomic E-state index is 12.4. The average Bonchev–Trinajstić information content (AvgIpc) is 3.09. The van der Waals surface area contributed by atoms with Crippen LogP contribution in [0.3, 0.4) is 0 Å². The summed E-state index contributed by atoms with van der Waals surface area (Å²) in [6.45, 7) is 0.326. The topological polar surface area (TPSA) is 72.4 Å². The molecule has 4 rings (SSSR count). The van der Waals surface area contributed by atoms with E-state index in [9.17, 15) is 9.59 Å². The number of ether oxygens (including phenoxy) is 1. The van der Waals surface area contributed by atoms with Crippen LogP contribution >= 0.6 is 0 Å². The summed E-state index contributed by atoms with van der Waals surface area (Å²) in [7, 11) is 0. The van der Waals surface area contributed by atoms with E-state index in [1.165, 1.54) is 0 Å². The van der Waals surface area contributed by atoms with Crippen LogP contribution in [0.25, 0.3) is 11.0 Å². The van der Waals surface area contributed by atoms with Crippen molar-refractivity contribution in [1.29, 1.82) is 0 Å². The van der Waals surface area contributed by atoms with Gasteiger partial charge in [-0.25, -0.2) is 4.79 Å². The number of aromatic nitrogens is 2. The van der Waals surface area contributed by atoms with Crippen molar-refractivity contribution < 1.29 is 14.3 Å². The summed E-state index contributed by atoms with van der Waals surface area (Å²) >= 11 is 0. The second-order valence-corrected chi connectivity index (χ2v) is 5.76. The summed E-state index contributed by atoms with van der Waals surface area (Å²) < 4.78 is 5.19. The molecule has 0 spiro atoms. The summed E-state index contributed by atoms with van der Waals surface area (Å²) in [5.41, 5.74) is 3.68. The highest BCUT2D eigenvalue weighted by Gasteiger charge is 2.25. The van der Waals surface area contributed by atoms with Gasteiger partial charge in [0.25, 0.3) is 5.91 Å². The number of rotatable bonds is 3. The van der Waals surface area contributed by atoms with Gasteiger partial charge in [0, 0.05) is 24.6 Å². The highest BCUT2D eigenvalue weighted by Crippen LogP contribution is 2.27. The highest BCUT2D eigenvalue weighted by molar-refractivity contribution is 5.99. The van der Waals surface area contributed by atoms with Crippen molar-refractivity contribution in [1.82, 2.24) is 9.97 Å². The summed E-state index contributed by atoms with van der Waals surface area (Å²) in [5, 5.41) is 0. The maximum atomic E-state index is 12.4. The van der Waals surface area contributed by atoms with Gasteiger partial charge in [0.15, 0.2) is 6.61 Å². The number of nitrogens with zero attached hydrogens (tertiary/aromatic N) is 3. The lowest BCUT2D eigenvalue weighted by Crippen LogP contribution is -2.33. The van der Waals surface area contributed by atoms with Crippen molar-refractivity contribution in [2.75, 3.05) is 18.1 Å². The zero-order valence-electron chi connectivity index (χ0n) is 13.4. The lowest BCUT2D eigenvalue weighted by molar-refractivity contribution is -0.121. The molecular weight excluding hydrogens is 318 g/mol. The van der Waals surface area contributed by atoms with Crippen LogP contribution in [0.5, 0.6) is 0 Å². The molecule has 0 atom stereocenters. The zero-order chi connectivity index (χ0) is 17.2. The molecule has 6 heteroatoms. The molecule has 124 valence electrons. The maximum Gasteiger partial charge on any atom is 0.338 e. The third-order valence-electron chi connectivity index (χ3n) is 4.22. The number of amides is 1. The highest BCUT2D eigenvalue weighted by atomic mass is 16.5. The molecule has 0 unspecified atom stereocenters. The molecular formula is C19H15N3O3. The number of para-hydroxylation sites is 1. The van der Waals surface area contributed by atoms with Crippen LogP contribution in [0.1, 0.15) is 15.9 Å². The fraction of sp³-hybridized carbons (Fsp3) is 0.158. The van der Waals surface area contributed by atoms with E-state index >= 15 is 0 Å². The molecule has 0 radical (unpaired) electrons. The van der Waals surface area contributed by atoms with E-state index in [4.69, 9.17) is 4.74 Å². The zero-order valence-corrected chi connectivity index (χ0v) is 13.4.